The van der Waals surface area contributed by atoms with E-state index in [1.807, 2.05) is 37.3 Å². The Hall–Kier alpha value is -1.99. The topological polar surface area (TPSA) is 90.0 Å². The van der Waals surface area contributed by atoms with Gasteiger partial charge in [-0.25, -0.2) is 8.42 Å². The Bertz CT molecular complexity index is 1170. The lowest BCUT2D eigenvalue weighted by molar-refractivity contribution is -0.159. The van der Waals surface area contributed by atoms with Crippen molar-refractivity contribution in [2.24, 2.45) is 5.92 Å². The molecule has 0 bridgehead atoms. The Morgan fingerprint density at radius 2 is 1.75 bits per heavy atom. The molecule has 0 spiro atoms. The van der Waals surface area contributed by atoms with Gasteiger partial charge in [-0.3, -0.25) is 9.36 Å². The van der Waals surface area contributed by atoms with Gasteiger partial charge in [-0.2, -0.15) is 4.31 Å². The summed E-state index contributed by atoms with van der Waals surface area (Å²) in [7, 11) is -7.50. The second-order valence-electron chi connectivity index (χ2n) is 10.3. The van der Waals surface area contributed by atoms with E-state index >= 15 is 0 Å². The smallest absolute Gasteiger partial charge is 0.310 e. The van der Waals surface area contributed by atoms with Crippen LogP contribution < -0.4 is 0 Å². The van der Waals surface area contributed by atoms with Crippen LogP contribution in [0.5, 0.6) is 0 Å². The third-order valence-electron chi connectivity index (χ3n) is 6.14. The summed E-state index contributed by atoms with van der Waals surface area (Å²) in [6, 6.07) is 16.1. The summed E-state index contributed by atoms with van der Waals surface area (Å²) in [6.07, 6.45) is 1.22. The van der Waals surface area contributed by atoms with E-state index in [1.54, 1.807) is 52.0 Å². The van der Waals surface area contributed by atoms with Gasteiger partial charge in [-0.05, 0) is 71.6 Å². The van der Waals surface area contributed by atoms with Gasteiger partial charge >= 0.3 is 5.97 Å². The molecule has 0 aliphatic carbocycles. The number of hydrogen-bond donors (Lipinski definition) is 0. The normalized spacial score (nSPS) is 19.5. The molecule has 0 aromatic heterocycles. The molecule has 3 atom stereocenters. The van der Waals surface area contributed by atoms with Gasteiger partial charge in [0.1, 0.15) is 11.4 Å². The number of esters is 1. The highest BCUT2D eigenvalue weighted by atomic mass is 32.2. The van der Waals surface area contributed by atoms with Gasteiger partial charge < -0.3 is 9.26 Å². The van der Waals surface area contributed by atoms with Gasteiger partial charge in [-0.15, -0.1) is 0 Å². The van der Waals surface area contributed by atoms with Gasteiger partial charge in [0.2, 0.25) is 17.4 Å². The van der Waals surface area contributed by atoms with Crippen molar-refractivity contribution in [3.8, 4) is 0 Å². The molecule has 1 saturated heterocycles. The molecular formula is C27H38NO6PS. The molecule has 1 aliphatic heterocycles. The van der Waals surface area contributed by atoms with Crippen molar-refractivity contribution in [3.63, 3.8) is 0 Å². The van der Waals surface area contributed by atoms with Crippen LogP contribution in [0.2, 0.25) is 0 Å². The zero-order chi connectivity index (χ0) is 26.6. The molecule has 1 fully saturated rings. The fourth-order valence-electron chi connectivity index (χ4n) is 4.53. The van der Waals surface area contributed by atoms with Crippen molar-refractivity contribution < 1.29 is 27.0 Å². The van der Waals surface area contributed by atoms with Gasteiger partial charge in [-0.1, -0.05) is 48.0 Å². The first-order chi connectivity index (χ1) is 16.9. The van der Waals surface area contributed by atoms with Crippen LogP contribution in [-0.4, -0.2) is 49.4 Å². The van der Waals surface area contributed by atoms with Crippen molar-refractivity contribution in [2.45, 2.75) is 70.2 Å². The minimum absolute atomic E-state index is 0.0881. The third kappa shape index (κ3) is 7.06. The third-order valence-corrected chi connectivity index (χ3v) is 11.3. The number of carbonyl (C=O) groups excluding carboxylic acids is 1. The lowest BCUT2D eigenvalue weighted by Gasteiger charge is -2.33. The number of benzene rings is 2. The maximum absolute atomic E-state index is 14.5. The van der Waals surface area contributed by atoms with E-state index in [-0.39, 0.29) is 24.2 Å². The average Bonchev–Trinajstić information content (AvgIpc) is 3.31. The van der Waals surface area contributed by atoms with E-state index in [0.29, 0.717) is 19.3 Å². The quantitative estimate of drug-likeness (QED) is 0.290. The number of carbonyl (C=O) groups is 1. The first-order valence-electron chi connectivity index (χ1n) is 12.4. The molecular weight excluding hydrogens is 497 g/mol. The predicted octanol–water partition coefficient (Wildman–Crippen LogP) is 5.62. The maximum atomic E-state index is 14.5. The van der Waals surface area contributed by atoms with E-state index in [2.05, 4.69) is 0 Å². The van der Waals surface area contributed by atoms with Crippen molar-refractivity contribution in [1.82, 2.24) is 4.31 Å². The summed E-state index contributed by atoms with van der Waals surface area (Å²) in [5.74, 6) is -2.03. The zero-order valence-electron chi connectivity index (χ0n) is 21.8. The van der Waals surface area contributed by atoms with E-state index in [1.165, 1.54) is 4.31 Å². The fraction of sp³-hybridized carbons (Fsp3) is 0.519. The number of rotatable bonds is 10. The van der Waals surface area contributed by atoms with E-state index < -0.39 is 40.7 Å². The Morgan fingerprint density at radius 3 is 2.33 bits per heavy atom. The summed E-state index contributed by atoms with van der Waals surface area (Å²) in [5.41, 5.74) is 1.15. The summed E-state index contributed by atoms with van der Waals surface area (Å²) < 4.78 is 54.5. The standard InChI is InChI=1S/C27H38NO6PS/c1-6-33-35(30,20-23(26(29)34-27(3,4)5)19-22-11-8-7-9-12-22)25-13-10-18-28(25)36(31,32)24-16-14-21(2)15-17-24/h7-9,11-12,14-17,23,25H,6,10,13,18-20H2,1-5H3/t23-,25-,35?/m1/s1. The van der Waals surface area contributed by atoms with Crippen molar-refractivity contribution in [3.05, 3.63) is 65.7 Å². The van der Waals surface area contributed by atoms with Crippen LogP contribution in [0.3, 0.4) is 0 Å². The Labute approximate surface area is 215 Å². The lowest BCUT2D eigenvalue weighted by Crippen LogP contribution is -2.38. The van der Waals surface area contributed by atoms with Crippen LogP contribution in [0.15, 0.2) is 59.5 Å². The predicted molar refractivity (Wildman–Crippen MR) is 142 cm³/mol. The summed E-state index contributed by atoms with van der Waals surface area (Å²) in [5, 5.41) is 0. The van der Waals surface area contributed by atoms with Gasteiger partial charge in [0.05, 0.1) is 17.4 Å². The summed E-state index contributed by atoms with van der Waals surface area (Å²) in [4.78, 5) is 13.4. The van der Waals surface area contributed by atoms with Crippen molar-refractivity contribution in [2.75, 3.05) is 19.3 Å². The molecule has 1 heterocycles. The molecule has 3 rings (SSSR count). The first-order valence-corrected chi connectivity index (χ1v) is 15.8. The van der Waals surface area contributed by atoms with Gasteiger partial charge in [0.25, 0.3) is 0 Å². The summed E-state index contributed by atoms with van der Waals surface area (Å²) >= 11 is 0. The van der Waals surface area contributed by atoms with Crippen LogP contribution in [0, 0.1) is 12.8 Å². The molecule has 1 unspecified atom stereocenters. The highest BCUT2D eigenvalue weighted by Crippen LogP contribution is 2.59. The largest absolute Gasteiger partial charge is 0.460 e. The summed E-state index contributed by atoms with van der Waals surface area (Å²) in [6.45, 7) is 9.41. The number of aryl methyl sites for hydroxylation is 1. The molecule has 2 aromatic rings. The van der Waals surface area contributed by atoms with Crippen LogP contribution in [0.4, 0.5) is 0 Å². The number of nitrogens with zero attached hydrogens (tertiary/aromatic N) is 1. The maximum Gasteiger partial charge on any atom is 0.310 e. The van der Waals surface area contributed by atoms with Crippen molar-refractivity contribution >= 4 is 23.4 Å². The van der Waals surface area contributed by atoms with Gasteiger partial charge in [0.15, 0.2) is 0 Å². The molecule has 2 aromatic carbocycles. The molecule has 9 heteroatoms. The molecule has 0 saturated carbocycles. The monoisotopic (exact) mass is 535 g/mol. The zero-order valence-corrected chi connectivity index (χ0v) is 23.6. The number of ether oxygens (including phenoxy) is 1. The molecule has 0 amide bonds. The Balaban J connectivity index is 1.96. The molecule has 7 nitrogen and oxygen atoms in total. The fourth-order valence-corrected chi connectivity index (χ4v) is 9.82. The second-order valence-corrected chi connectivity index (χ2v) is 14.9. The second kappa shape index (κ2) is 11.6. The average molecular weight is 536 g/mol. The lowest BCUT2D eigenvalue weighted by atomic mass is 10.0. The van der Waals surface area contributed by atoms with Crippen LogP contribution in [0.1, 0.15) is 51.7 Å². The van der Waals surface area contributed by atoms with Gasteiger partial charge in [0, 0.05) is 12.7 Å². The molecule has 36 heavy (non-hydrogen) atoms. The first kappa shape index (κ1) is 28.6. The SMILES string of the molecule is CCOP(=O)(C[C@@H](Cc1ccccc1)C(=O)OC(C)(C)C)[C@@H]1CCCN1S(=O)(=O)c1ccc(C)cc1. The number of hydrogen-bond acceptors (Lipinski definition) is 6. The van der Waals surface area contributed by atoms with Crippen molar-refractivity contribution in [1.29, 1.82) is 0 Å². The number of sulfonamides is 1. The Kier molecular flexibility index (Phi) is 9.20. The molecule has 0 radical (unpaired) electrons. The van der Waals surface area contributed by atoms with Crippen LogP contribution >= 0.6 is 7.37 Å². The Morgan fingerprint density at radius 1 is 1.11 bits per heavy atom. The minimum Gasteiger partial charge on any atom is -0.460 e. The van der Waals surface area contributed by atoms with E-state index in [4.69, 9.17) is 9.26 Å². The molecule has 198 valence electrons. The molecule has 0 N–H and O–H groups in total. The van der Waals surface area contributed by atoms with Crippen LogP contribution in [-0.2, 0) is 35.1 Å². The molecule has 1 aliphatic rings. The van der Waals surface area contributed by atoms with E-state index in [0.717, 1.165) is 11.1 Å². The van der Waals surface area contributed by atoms with E-state index in [9.17, 15) is 17.8 Å². The van der Waals surface area contributed by atoms with Crippen LogP contribution in [0.25, 0.3) is 0 Å². The minimum atomic E-state index is -3.88. The highest BCUT2D eigenvalue weighted by molar-refractivity contribution is 7.89. The highest BCUT2D eigenvalue weighted by Gasteiger charge is 2.48.